The quantitative estimate of drug-likeness (QED) is 0.827. The molecule has 1 aliphatic carbocycles. The van der Waals surface area contributed by atoms with Crippen LogP contribution < -0.4 is 10.6 Å². The Morgan fingerprint density at radius 1 is 1.47 bits per heavy atom. The van der Waals surface area contributed by atoms with Gasteiger partial charge in [0.15, 0.2) is 0 Å². The van der Waals surface area contributed by atoms with Crippen LogP contribution in [-0.2, 0) is 0 Å². The first kappa shape index (κ1) is 10.3. The summed E-state index contributed by atoms with van der Waals surface area (Å²) in [5.74, 6) is -0.0921. The van der Waals surface area contributed by atoms with Gasteiger partial charge in [0.2, 0.25) is 0 Å². The Kier molecular flexibility index (Phi) is 2.82. The molecule has 2 rings (SSSR count). The van der Waals surface area contributed by atoms with Crippen molar-refractivity contribution in [1.29, 1.82) is 0 Å². The first-order chi connectivity index (χ1) is 7.20. The van der Waals surface area contributed by atoms with Crippen LogP contribution in [-0.4, -0.2) is 19.0 Å². The lowest BCUT2D eigenvalue weighted by molar-refractivity contribution is 0.0963. The van der Waals surface area contributed by atoms with Crippen molar-refractivity contribution in [3.05, 3.63) is 28.8 Å². The fourth-order valence-corrected chi connectivity index (χ4v) is 1.54. The molecule has 3 nitrogen and oxygen atoms in total. The Labute approximate surface area is 93.8 Å². The predicted molar refractivity (Wildman–Crippen MR) is 61.5 cm³/mol. The minimum atomic E-state index is -0.0921. The average molecular weight is 225 g/mol. The van der Waals surface area contributed by atoms with Gasteiger partial charge < -0.3 is 10.6 Å². The zero-order valence-corrected chi connectivity index (χ0v) is 9.27. The van der Waals surface area contributed by atoms with Crippen molar-refractivity contribution in [2.45, 2.75) is 18.9 Å². The number of carbonyl (C=O) groups excluding carboxylic acids is 1. The molecule has 0 saturated heterocycles. The smallest absolute Gasteiger partial charge is 0.251 e. The molecule has 0 spiro atoms. The van der Waals surface area contributed by atoms with E-state index in [4.69, 9.17) is 11.6 Å². The lowest BCUT2D eigenvalue weighted by Crippen LogP contribution is -2.18. The van der Waals surface area contributed by atoms with Gasteiger partial charge in [-0.25, -0.2) is 0 Å². The van der Waals surface area contributed by atoms with Gasteiger partial charge in [0.25, 0.3) is 5.91 Å². The van der Waals surface area contributed by atoms with Crippen LogP contribution >= 0.6 is 11.6 Å². The second-order valence-corrected chi connectivity index (χ2v) is 4.10. The Bertz CT molecular complexity index is 388. The van der Waals surface area contributed by atoms with Crippen molar-refractivity contribution < 1.29 is 4.79 Å². The van der Waals surface area contributed by atoms with Crippen LogP contribution in [0, 0.1) is 0 Å². The summed E-state index contributed by atoms with van der Waals surface area (Å²) in [7, 11) is 1.62. The third kappa shape index (κ3) is 2.42. The Morgan fingerprint density at radius 3 is 2.80 bits per heavy atom. The molecule has 2 N–H and O–H groups in total. The van der Waals surface area contributed by atoms with Crippen LogP contribution in [0.25, 0.3) is 0 Å². The summed E-state index contributed by atoms with van der Waals surface area (Å²) in [5, 5.41) is 6.54. The molecule has 1 amide bonds. The maximum atomic E-state index is 11.4. The van der Waals surface area contributed by atoms with Crippen molar-refractivity contribution >= 4 is 23.2 Å². The minimum absolute atomic E-state index is 0.0921. The van der Waals surface area contributed by atoms with E-state index in [2.05, 4.69) is 10.6 Å². The van der Waals surface area contributed by atoms with Crippen molar-refractivity contribution in [3.8, 4) is 0 Å². The van der Waals surface area contributed by atoms with Crippen LogP contribution in [0.3, 0.4) is 0 Å². The zero-order valence-electron chi connectivity index (χ0n) is 8.51. The molecule has 4 heteroatoms. The van der Waals surface area contributed by atoms with E-state index >= 15 is 0 Å². The molecule has 0 unspecified atom stereocenters. The molecule has 0 radical (unpaired) electrons. The fourth-order valence-electron chi connectivity index (χ4n) is 1.37. The monoisotopic (exact) mass is 224 g/mol. The molecule has 0 bridgehead atoms. The van der Waals surface area contributed by atoms with Gasteiger partial charge in [0.1, 0.15) is 0 Å². The van der Waals surface area contributed by atoms with Gasteiger partial charge in [0, 0.05) is 18.7 Å². The van der Waals surface area contributed by atoms with E-state index in [1.807, 2.05) is 0 Å². The third-order valence-electron chi connectivity index (χ3n) is 2.39. The van der Waals surface area contributed by atoms with Crippen molar-refractivity contribution in [3.63, 3.8) is 0 Å². The molecule has 0 aromatic heterocycles. The second-order valence-electron chi connectivity index (χ2n) is 3.69. The van der Waals surface area contributed by atoms with Crippen LogP contribution in [0.5, 0.6) is 0 Å². The molecule has 0 atom stereocenters. The molecule has 1 aliphatic rings. The van der Waals surface area contributed by atoms with Crippen LogP contribution in [0.4, 0.5) is 5.69 Å². The molecule has 0 heterocycles. The number of hydrogen-bond donors (Lipinski definition) is 2. The summed E-state index contributed by atoms with van der Waals surface area (Å²) >= 11 is 6.02. The van der Waals surface area contributed by atoms with Crippen LogP contribution in [0.2, 0.25) is 5.02 Å². The van der Waals surface area contributed by atoms with E-state index in [-0.39, 0.29) is 5.91 Å². The number of halogens is 1. The number of hydrogen-bond acceptors (Lipinski definition) is 2. The van der Waals surface area contributed by atoms with Gasteiger partial charge in [-0.1, -0.05) is 11.6 Å². The summed E-state index contributed by atoms with van der Waals surface area (Å²) in [4.78, 5) is 11.4. The molecule has 80 valence electrons. The van der Waals surface area contributed by atoms with E-state index in [0.717, 1.165) is 5.69 Å². The van der Waals surface area contributed by atoms with E-state index in [1.165, 1.54) is 12.8 Å². The summed E-state index contributed by atoms with van der Waals surface area (Å²) in [6, 6.07) is 5.79. The maximum absolute atomic E-state index is 11.4. The van der Waals surface area contributed by atoms with E-state index < -0.39 is 0 Å². The highest BCUT2D eigenvalue weighted by Gasteiger charge is 2.22. The summed E-state index contributed by atoms with van der Waals surface area (Å²) in [6.07, 6.45) is 2.36. The number of amides is 1. The van der Waals surface area contributed by atoms with Crippen molar-refractivity contribution in [1.82, 2.24) is 5.32 Å². The molecular weight excluding hydrogens is 212 g/mol. The van der Waals surface area contributed by atoms with E-state index in [1.54, 1.807) is 25.2 Å². The number of anilines is 1. The first-order valence-corrected chi connectivity index (χ1v) is 5.36. The van der Waals surface area contributed by atoms with Crippen LogP contribution in [0.15, 0.2) is 18.2 Å². The number of rotatable bonds is 3. The van der Waals surface area contributed by atoms with E-state index in [0.29, 0.717) is 16.6 Å². The van der Waals surface area contributed by atoms with Gasteiger partial charge in [-0.05, 0) is 31.0 Å². The minimum Gasteiger partial charge on any atom is -0.381 e. The molecule has 1 aromatic carbocycles. The molecule has 0 aliphatic heterocycles. The number of carbonyl (C=O) groups is 1. The summed E-state index contributed by atoms with van der Waals surface area (Å²) < 4.78 is 0. The Balaban J connectivity index is 2.22. The van der Waals surface area contributed by atoms with Gasteiger partial charge in [0.05, 0.1) is 10.7 Å². The largest absolute Gasteiger partial charge is 0.381 e. The summed E-state index contributed by atoms with van der Waals surface area (Å²) in [6.45, 7) is 0. The molecule has 1 saturated carbocycles. The van der Waals surface area contributed by atoms with Gasteiger partial charge in [-0.2, -0.15) is 0 Å². The number of nitrogens with one attached hydrogen (secondary N) is 2. The fraction of sp³-hybridized carbons (Fsp3) is 0.364. The highest BCUT2D eigenvalue weighted by molar-refractivity contribution is 6.33. The third-order valence-corrected chi connectivity index (χ3v) is 2.72. The maximum Gasteiger partial charge on any atom is 0.251 e. The second kappa shape index (κ2) is 4.11. The molecular formula is C11H13ClN2O. The SMILES string of the molecule is CNC(=O)c1ccc(Cl)c(NC2CC2)c1. The molecule has 1 aromatic rings. The van der Waals surface area contributed by atoms with Crippen LogP contribution in [0.1, 0.15) is 23.2 Å². The highest BCUT2D eigenvalue weighted by Crippen LogP contribution is 2.29. The van der Waals surface area contributed by atoms with Gasteiger partial charge >= 0.3 is 0 Å². The average Bonchev–Trinajstić information content (AvgIpc) is 3.04. The lowest BCUT2D eigenvalue weighted by Gasteiger charge is -2.08. The Morgan fingerprint density at radius 2 is 2.20 bits per heavy atom. The van der Waals surface area contributed by atoms with E-state index in [9.17, 15) is 4.79 Å². The van der Waals surface area contributed by atoms with Gasteiger partial charge in [-0.3, -0.25) is 4.79 Å². The van der Waals surface area contributed by atoms with Crippen molar-refractivity contribution in [2.24, 2.45) is 0 Å². The standard InChI is InChI=1S/C11H13ClN2O/c1-13-11(15)7-2-5-9(12)10(6-7)14-8-3-4-8/h2,5-6,8,14H,3-4H2,1H3,(H,13,15). The first-order valence-electron chi connectivity index (χ1n) is 4.99. The highest BCUT2D eigenvalue weighted by atomic mass is 35.5. The summed E-state index contributed by atoms with van der Waals surface area (Å²) in [5.41, 5.74) is 1.48. The normalized spacial score (nSPS) is 14.8. The zero-order chi connectivity index (χ0) is 10.8. The molecule has 1 fully saturated rings. The Hall–Kier alpha value is -1.22. The lowest BCUT2D eigenvalue weighted by atomic mass is 10.2. The number of benzene rings is 1. The van der Waals surface area contributed by atoms with Gasteiger partial charge in [-0.15, -0.1) is 0 Å². The molecule has 15 heavy (non-hydrogen) atoms. The van der Waals surface area contributed by atoms with Crippen molar-refractivity contribution in [2.75, 3.05) is 12.4 Å². The predicted octanol–water partition coefficient (Wildman–Crippen LogP) is 2.27. The topological polar surface area (TPSA) is 41.1 Å².